The van der Waals surface area contributed by atoms with Gasteiger partial charge in [0, 0.05) is 6.42 Å². The van der Waals surface area contributed by atoms with Gasteiger partial charge in [-0.25, -0.2) is 4.39 Å². The maximum absolute atomic E-state index is 13.2. The summed E-state index contributed by atoms with van der Waals surface area (Å²) >= 11 is 0. The van der Waals surface area contributed by atoms with E-state index in [4.69, 9.17) is 10.2 Å². The second-order valence-corrected chi connectivity index (χ2v) is 3.16. The number of aliphatic hydroxyl groups is 1. The zero-order valence-corrected chi connectivity index (χ0v) is 8.53. The highest BCUT2D eigenvalue weighted by molar-refractivity contribution is 5.70. The highest BCUT2D eigenvalue weighted by Crippen LogP contribution is 2.10. The van der Waals surface area contributed by atoms with E-state index in [0.717, 1.165) is 0 Å². The van der Waals surface area contributed by atoms with Gasteiger partial charge in [0.05, 0.1) is 18.6 Å². The smallest absolute Gasteiger partial charge is 0.307 e. The van der Waals surface area contributed by atoms with Crippen LogP contribution in [-0.4, -0.2) is 22.8 Å². The van der Waals surface area contributed by atoms with Crippen molar-refractivity contribution in [2.24, 2.45) is 0 Å². The van der Waals surface area contributed by atoms with Crippen LogP contribution in [0.25, 0.3) is 0 Å². The van der Waals surface area contributed by atoms with Gasteiger partial charge in [-0.05, 0) is 17.7 Å². The third-order valence-electron chi connectivity index (χ3n) is 1.85. The molecule has 0 fully saturated rings. The van der Waals surface area contributed by atoms with E-state index in [-0.39, 0.29) is 25.0 Å². The van der Waals surface area contributed by atoms with Crippen molar-refractivity contribution in [1.29, 1.82) is 0 Å². The van der Waals surface area contributed by atoms with Crippen LogP contribution in [0.5, 0.6) is 0 Å². The van der Waals surface area contributed by atoms with Gasteiger partial charge < -0.3 is 10.2 Å². The molecule has 0 radical (unpaired) electrons. The van der Waals surface area contributed by atoms with Gasteiger partial charge in [0.25, 0.3) is 0 Å². The number of carboxylic acids is 1. The van der Waals surface area contributed by atoms with Gasteiger partial charge in [-0.1, -0.05) is 17.9 Å². The summed E-state index contributed by atoms with van der Waals surface area (Å²) in [7, 11) is 0. The van der Waals surface area contributed by atoms with E-state index in [1.165, 1.54) is 18.2 Å². The lowest BCUT2D eigenvalue weighted by Crippen LogP contribution is -2.00. The second-order valence-electron chi connectivity index (χ2n) is 3.16. The van der Waals surface area contributed by atoms with E-state index in [1.54, 1.807) is 0 Å². The Hall–Kier alpha value is -1.86. The molecule has 1 aromatic carbocycles. The monoisotopic (exact) mass is 222 g/mol. The molecule has 2 N–H and O–H groups in total. The SMILES string of the molecule is O=C(O)Cc1ccc(F)c(C#CCCO)c1. The molecule has 0 aliphatic heterocycles. The lowest BCUT2D eigenvalue weighted by Gasteiger charge is -1.99. The first-order valence-electron chi connectivity index (χ1n) is 4.73. The summed E-state index contributed by atoms with van der Waals surface area (Å²) in [5.74, 6) is 3.68. The van der Waals surface area contributed by atoms with Crippen molar-refractivity contribution in [3.05, 3.63) is 35.1 Å². The molecule has 16 heavy (non-hydrogen) atoms. The van der Waals surface area contributed by atoms with Crippen molar-refractivity contribution in [1.82, 2.24) is 0 Å². The van der Waals surface area contributed by atoms with Gasteiger partial charge in [-0.15, -0.1) is 0 Å². The Labute approximate surface area is 92.5 Å². The molecular formula is C12H11FO3. The molecule has 0 spiro atoms. The summed E-state index contributed by atoms with van der Waals surface area (Å²) in [6.07, 6.45) is 0.109. The van der Waals surface area contributed by atoms with Crippen molar-refractivity contribution in [2.45, 2.75) is 12.8 Å². The van der Waals surface area contributed by atoms with E-state index in [0.29, 0.717) is 5.56 Å². The van der Waals surface area contributed by atoms with Gasteiger partial charge >= 0.3 is 5.97 Å². The standard InChI is InChI=1S/C12H11FO3/c13-11-5-4-9(8-12(15)16)7-10(11)3-1-2-6-14/h4-5,7,14H,2,6,8H2,(H,15,16). The summed E-state index contributed by atoms with van der Waals surface area (Å²) in [5.41, 5.74) is 0.661. The molecule has 0 saturated heterocycles. The number of rotatable bonds is 3. The summed E-state index contributed by atoms with van der Waals surface area (Å²) in [5, 5.41) is 17.1. The minimum atomic E-state index is -0.971. The van der Waals surface area contributed by atoms with Crippen LogP contribution in [0.2, 0.25) is 0 Å². The average molecular weight is 222 g/mol. The Bertz CT molecular complexity index is 443. The molecule has 0 unspecified atom stereocenters. The van der Waals surface area contributed by atoms with Crippen LogP contribution < -0.4 is 0 Å². The number of benzene rings is 1. The van der Waals surface area contributed by atoms with Crippen LogP contribution in [0.15, 0.2) is 18.2 Å². The highest BCUT2D eigenvalue weighted by atomic mass is 19.1. The first-order chi connectivity index (χ1) is 7.63. The van der Waals surface area contributed by atoms with Crippen LogP contribution in [0, 0.1) is 17.7 Å². The Morgan fingerprint density at radius 1 is 1.44 bits per heavy atom. The van der Waals surface area contributed by atoms with Crippen molar-refractivity contribution in [2.75, 3.05) is 6.61 Å². The van der Waals surface area contributed by atoms with E-state index >= 15 is 0 Å². The van der Waals surface area contributed by atoms with Crippen LogP contribution in [0.3, 0.4) is 0 Å². The Morgan fingerprint density at radius 2 is 2.19 bits per heavy atom. The molecule has 3 nitrogen and oxygen atoms in total. The van der Waals surface area contributed by atoms with Crippen LogP contribution in [0.1, 0.15) is 17.5 Å². The van der Waals surface area contributed by atoms with Gasteiger partial charge in [0.1, 0.15) is 5.82 Å². The molecular weight excluding hydrogens is 211 g/mol. The fraction of sp³-hybridized carbons (Fsp3) is 0.250. The van der Waals surface area contributed by atoms with Crippen molar-refractivity contribution in [3.8, 4) is 11.8 Å². The zero-order chi connectivity index (χ0) is 12.0. The van der Waals surface area contributed by atoms with E-state index in [1.807, 2.05) is 0 Å². The lowest BCUT2D eigenvalue weighted by atomic mass is 10.1. The minimum absolute atomic E-state index is 0.0799. The number of carbonyl (C=O) groups is 1. The van der Waals surface area contributed by atoms with Crippen LogP contribution in [0.4, 0.5) is 4.39 Å². The van der Waals surface area contributed by atoms with Crippen molar-refractivity contribution < 1.29 is 19.4 Å². The molecule has 1 rings (SSSR count). The molecule has 0 heterocycles. The fourth-order valence-electron chi connectivity index (χ4n) is 1.17. The third-order valence-corrected chi connectivity index (χ3v) is 1.85. The summed E-state index contributed by atoms with van der Waals surface area (Å²) in [6, 6.07) is 4.02. The Kier molecular flexibility index (Phi) is 4.49. The quantitative estimate of drug-likeness (QED) is 0.755. The molecule has 84 valence electrons. The van der Waals surface area contributed by atoms with Crippen molar-refractivity contribution in [3.63, 3.8) is 0 Å². The second kappa shape index (κ2) is 5.89. The summed E-state index contributed by atoms with van der Waals surface area (Å²) in [4.78, 5) is 10.5. The molecule has 0 saturated carbocycles. The van der Waals surface area contributed by atoms with Crippen LogP contribution >= 0.6 is 0 Å². The van der Waals surface area contributed by atoms with E-state index < -0.39 is 11.8 Å². The molecule has 0 aromatic heterocycles. The van der Waals surface area contributed by atoms with E-state index in [2.05, 4.69) is 11.8 Å². The number of halogens is 1. The van der Waals surface area contributed by atoms with E-state index in [9.17, 15) is 9.18 Å². The molecule has 1 aromatic rings. The summed E-state index contributed by atoms with van der Waals surface area (Å²) < 4.78 is 13.2. The Balaban J connectivity index is 2.91. The molecule has 0 aliphatic rings. The predicted octanol–water partition coefficient (Wildman–Crippen LogP) is 1.19. The number of aliphatic hydroxyl groups excluding tert-OH is 1. The van der Waals surface area contributed by atoms with Gasteiger partial charge in [-0.3, -0.25) is 4.79 Å². The van der Waals surface area contributed by atoms with Gasteiger partial charge in [0.15, 0.2) is 0 Å². The first-order valence-corrected chi connectivity index (χ1v) is 4.73. The van der Waals surface area contributed by atoms with Gasteiger partial charge in [-0.2, -0.15) is 0 Å². The third kappa shape index (κ3) is 3.71. The van der Waals surface area contributed by atoms with Crippen molar-refractivity contribution >= 4 is 5.97 Å². The Morgan fingerprint density at radius 3 is 2.81 bits per heavy atom. The largest absolute Gasteiger partial charge is 0.481 e. The topological polar surface area (TPSA) is 57.5 Å². The molecule has 0 aliphatic carbocycles. The molecule has 4 heteroatoms. The zero-order valence-electron chi connectivity index (χ0n) is 8.53. The number of hydrogen-bond acceptors (Lipinski definition) is 2. The molecule has 0 amide bonds. The maximum atomic E-state index is 13.2. The summed E-state index contributed by atoms with van der Waals surface area (Å²) in [6.45, 7) is -0.0799. The van der Waals surface area contributed by atoms with Gasteiger partial charge in [0.2, 0.25) is 0 Å². The minimum Gasteiger partial charge on any atom is -0.481 e. The maximum Gasteiger partial charge on any atom is 0.307 e. The van der Waals surface area contributed by atoms with Crippen LogP contribution in [-0.2, 0) is 11.2 Å². The normalized spacial score (nSPS) is 9.38. The number of hydrogen-bond donors (Lipinski definition) is 2. The molecule has 0 atom stereocenters. The first kappa shape index (κ1) is 12.2. The highest BCUT2D eigenvalue weighted by Gasteiger charge is 2.04. The number of carboxylic acid groups (broad SMARTS) is 1. The lowest BCUT2D eigenvalue weighted by molar-refractivity contribution is -0.136. The average Bonchev–Trinajstić information content (AvgIpc) is 2.22. The number of aliphatic carboxylic acids is 1. The predicted molar refractivity (Wildman–Crippen MR) is 56.3 cm³/mol. The fourth-order valence-corrected chi connectivity index (χ4v) is 1.17. The molecule has 0 bridgehead atoms.